The summed E-state index contributed by atoms with van der Waals surface area (Å²) in [6, 6.07) is 8.38. The molecule has 76 valence electrons. The van der Waals surface area contributed by atoms with Gasteiger partial charge in [-0.05, 0) is 12.1 Å². The lowest BCUT2D eigenvalue weighted by atomic mass is 10.4. The zero-order valence-electron chi connectivity index (χ0n) is 7.76. The van der Waals surface area contributed by atoms with E-state index in [2.05, 4.69) is 0 Å². The number of nitrogens with two attached hydrogens (primary N) is 1. The Morgan fingerprint density at radius 1 is 1.14 bits per heavy atom. The van der Waals surface area contributed by atoms with Gasteiger partial charge >= 0.3 is 0 Å². The Morgan fingerprint density at radius 2 is 1.79 bits per heavy atom. The van der Waals surface area contributed by atoms with E-state index in [-0.39, 0.29) is 5.75 Å². The molecule has 0 fully saturated rings. The highest BCUT2D eigenvalue weighted by Crippen LogP contribution is 2.09. The van der Waals surface area contributed by atoms with Crippen LogP contribution < -0.4 is 5.73 Å². The number of benzene rings is 1. The van der Waals surface area contributed by atoms with E-state index in [0.717, 1.165) is 0 Å². The molecule has 0 radical (unpaired) electrons. The molecule has 2 N–H and O–H groups in total. The van der Waals surface area contributed by atoms with Gasteiger partial charge in [0.1, 0.15) is 0 Å². The van der Waals surface area contributed by atoms with Crippen LogP contribution in [0.25, 0.3) is 0 Å². The van der Waals surface area contributed by atoms with Crippen LogP contribution in [0.1, 0.15) is 0 Å². The first-order chi connectivity index (χ1) is 6.67. The molecule has 0 saturated carbocycles. The summed E-state index contributed by atoms with van der Waals surface area (Å²) in [5.41, 5.74) is 5.21. The summed E-state index contributed by atoms with van der Waals surface area (Å²) in [5, 5.41) is 0. The van der Waals surface area contributed by atoms with Crippen LogP contribution in [0.2, 0.25) is 0 Å². The van der Waals surface area contributed by atoms with Crippen molar-refractivity contribution in [3.63, 3.8) is 0 Å². The minimum atomic E-state index is -3.17. The first-order valence-corrected chi connectivity index (χ1v) is 5.95. The van der Waals surface area contributed by atoms with Crippen LogP contribution >= 0.6 is 0 Å². The Balaban J connectivity index is 2.82. The molecule has 0 unspecified atom stereocenters. The maximum atomic E-state index is 11.6. The maximum Gasteiger partial charge on any atom is 0.181 e. The van der Waals surface area contributed by atoms with Crippen LogP contribution in [-0.4, -0.2) is 20.7 Å². The molecular weight excluding hydrogens is 198 g/mol. The SMILES string of the molecule is NC/C=C/CS(=O)(=O)c1ccccc1. The smallest absolute Gasteiger partial charge is 0.181 e. The van der Waals surface area contributed by atoms with Gasteiger partial charge in [-0.25, -0.2) is 8.42 Å². The van der Waals surface area contributed by atoms with Crippen molar-refractivity contribution in [2.24, 2.45) is 5.73 Å². The number of hydrogen-bond acceptors (Lipinski definition) is 3. The molecule has 0 bridgehead atoms. The van der Waals surface area contributed by atoms with Crippen molar-refractivity contribution >= 4 is 9.84 Å². The van der Waals surface area contributed by atoms with Crippen LogP contribution in [0, 0.1) is 0 Å². The topological polar surface area (TPSA) is 60.2 Å². The molecule has 0 spiro atoms. The molecule has 0 amide bonds. The standard InChI is InChI=1S/C10H13NO2S/c11-8-4-5-9-14(12,13)10-6-2-1-3-7-10/h1-7H,8-9,11H2/b5-4+. The van der Waals surface area contributed by atoms with Crippen molar-refractivity contribution in [3.8, 4) is 0 Å². The fourth-order valence-electron chi connectivity index (χ4n) is 1.02. The highest BCUT2D eigenvalue weighted by molar-refractivity contribution is 7.91. The zero-order chi connectivity index (χ0) is 10.4. The number of sulfone groups is 1. The molecule has 0 aromatic heterocycles. The number of rotatable bonds is 4. The average Bonchev–Trinajstić information content (AvgIpc) is 2.19. The van der Waals surface area contributed by atoms with Gasteiger partial charge < -0.3 is 5.73 Å². The molecule has 0 aliphatic rings. The van der Waals surface area contributed by atoms with Crippen LogP contribution in [0.15, 0.2) is 47.4 Å². The lowest BCUT2D eigenvalue weighted by molar-refractivity contribution is 0.599. The van der Waals surface area contributed by atoms with Crippen LogP contribution in [0.3, 0.4) is 0 Å². The molecule has 0 atom stereocenters. The van der Waals surface area contributed by atoms with Crippen molar-refractivity contribution in [1.82, 2.24) is 0 Å². The summed E-state index contributed by atoms with van der Waals surface area (Å²) in [4.78, 5) is 0.349. The minimum Gasteiger partial charge on any atom is -0.327 e. The van der Waals surface area contributed by atoms with Gasteiger partial charge in [0.25, 0.3) is 0 Å². The third-order valence-electron chi connectivity index (χ3n) is 1.72. The van der Waals surface area contributed by atoms with Gasteiger partial charge in [0.05, 0.1) is 10.6 Å². The van der Waals surface area contributed by atoms with Crippen molar-refractivity contribution < 1.29 is 8.42 Å². The summed E-state index contributed by atoms with van der Waals surface area (Å²) < 4.78 is 23.2. The van der Waals surface area contributed by atoms with Crippen molar-refractivity contribution in [2.75, 3.05) is 12.3 Å². The molecule has 1 rings (SSSR count). The predicted molar refractivity (Wildman–Crippen MR) is 56.7 cm³/mol. The summed E-state index contributed by atoms with van der Waals surface area (Å²) in [7, 11) is -3.17. The van der Waals surface area contributed by atoms with E-state index >= 15 is 0 Å². The van der Waals surface area contributed by atoms with Crippen molar-refractivity contribution in [3.05, 3.63) is 42.5 Å². The Labute approximate surface area is 84.2 Å². The molecule has 1 aromatic rings. The van der Waals surface area contributed by atoms with Crippen LogP contribution in [-0.2, 0) is 9.84 Å². The normalized spacial score (nSPS) is 12.1. The summed E-state index contributed by atoms with van der Waals surface area (Å²) in [5.74, 6) is 0.00815. The molecule has 14 heavy (non-hydrogen) atoms. The quantitative estimate of drug-likeness (QED) is 0.755. The van der Waals surface area contributed by atoms with Gasteiger partial charge in [-0.15, -0.1) is 0 Å². The Kier molecular flexibility index (Phi) is 3.85. The Bertz CT molecular complexity index is 395. The van der Waals surface area contributed by atoms with E-state index in [9.17, 15) is 8.42 Å². The lowest BCUT2D eigenvalue weighted by Gasteiger charge is -1.99. The summed E-state index contributed by atoms with van der Waals surface area (Å²) >= 11 is 0. The van der Waals surface area contributed by atoms with Gasteiger partial charge in [0.15, 0.2) is 9.84 Å². The van der Waals surface area contributed by atoms with E-state index in [1.807, 2.05) is 0 Å². The van der Waals surface area contributed by atoms with Gasteiger partial charge in [0, 0.05) is 6.54 Å². The minimum absolute atomic E-state index is 0.00815. The molecule has 4 heteroatoms. The first-order valence-electron chi connectivity index (χ1n) is 4.29. The number of hydrogen-bond donors (Lipinski definition) is 1. The molecule has 0 aliphatic carbocycles. The van der Waals surface area contributed by atoms with E-state index in [0.29, 0.717) is 11.4 Å². The van der Waals surface area contributed by atoms with Gasteiger partial charge in [-0.3, -0.25) is 0 Å². The molecular formula is C10H13NO2S. The highest BCUT2D eigenvalue weighted by Gasteiger charge is 2.10. The predicted octanol–water partition coefficient (Wildman–Crippen LogP) is 0.975. The van der Waals surface area contributed by atoms with E-state index < -0.39 is 9.84 Å². The molecule has 0 saturated heterocycles. The maximum absolute atomic E-state index is 11.6. The third-order valence-corrected chi connectivity index (χ3v) is 3.34. The van der Waals surface area contributed by atoms with Crippen molar-refractivity contribution in [1.29, 1.82) is 0 Å². The fraction of sp³-hybridized carbons (Fsp3) is 0.200. The average molecular weight is 211 g/mol. The monoisotopic (exact) mass is 211 g/mol. The third kappa shape index (κ3) is 2.97. The Morgan fingerprint density at radius 3 is 2.36 bits per heavy atom. The molecule has 1 aromatic carbocycles. The fourth-order valence-corrected chi connectivity index (χ4v) is 2.17. The summed E-state index contributed by atoms with van der Waals surface area (Å²) in [6.45, 7) is 0.365. The van der Waals surface area contributed by atoms with Gasteiger partial charge in [-0.1, -0.05) is 30.4 Å². The van der Waals surface area contributed by atoms with E-state index in [1.165, 1.54) is 0 Å². The molecule has 0 heterocycles. The van der Waals surface area contributed by atoms with Crippen LogP contribution in [0.4, 0.5) is 0 Å². The highest BCUT2D eigenvalue weighted by atomic mass is 32.2. The first kappa shape index (κ1) is 10.9. The van der Waals surface area contributed by atoms with Gasteiger partial charge in [-0.2, -0.15) is 0 Å². The lowest BCUT2D eigenvalue weighted by Crippen LogP contribution is -2.05. The second-order valence-corrected chi connectivity index (χ2v) is 4.84. The molecule has 3 nitrogen and oxygen atoms in total. The molecule has 0 aliphatic heterocycles. The zero-order valence-corrected chi connectivity index (χ0v) is 8.57. The van der Waals surface area contributed by atoms with E-state index in [1.54, 1.807) is 42.5 Å². The Hall–Kier alpha value is -1.13. The van der Waals surface area contributed by atoms with Crippen LogP contribution in [0.5, 0.6) is 0 Å². The second kappa shape index (κ2) is 4.93. The van der Waals surface area contributed by atoms with Gasteiger partial charge in [0.2, 0.25) is 0 Å². The second-order valence-electron chi connectivity index (χ2n) is 2.80. The summed E-state index contributed by atoms with van der Waals surface area (Å²) in [6.07, 6.45) is 3.21. The van der Waals surface area contributed by atoms with E-state index in [4.69, 9.17) is 5.73 Å². The largest absolute Gasteiger partial charge is 0.327 e. The van der Waals surface area contributed by atoms with Crippen molar-refractivity contribution in [2.45, 2.75) is 4.90 Å².